The SMILES string of the molecule is CC(C)CC(N)=NOCc1cccc(C(=O)NCc2ccco2)c1. The van der Waals surface area contributed by atoms with E-state index in [1.807, 2.05) is 18.2 Å². The van der Waals surface area contributed by atoms with Crippen molar-refractivity contribution in [3.63, 3.8) is 0 Å². The van der Waals surface area contributed by atoms with Gasteiger partial charge in [-0.05, 0) is 35.7 Å². The van der Waals surface area contributed by atoms with Gasteiger partial charge in [-0.15, -0.1) is 0 Å². The predicted octanol–water partition coefficient (Wildman–Crippen LogP) is 3.04. The minimum Gasteiger partial charge on any atom is -0.467 e. The summed E-state index contributed by atoms with van der Waals surface area (Å²) in [6, 6.07) is 10.8. The fraction of sp³-hybridized carbons (Fsp3) is 0.333. The van der Waals surface area contributed by atoms with E-state index in [0.29, 0.717) is 36.0 Å². The van der Waals surface area contributed by atoms with Gasteiger partial charge in [0.15, 0.2) is 0 Å². The highest BCUT2D eigenvalue weighted by Crippen LogP contribution is 2.08. The zero-order valence-corrected chi connectivity index (χ0v) is 14.0. The van der Waals surface area contributed by atoms with Gasteiger partial charge in [-0.3, -0.25) is 4.79 Å². The van der Waals surface area contributed by atoms with E-state index in [-0.39, 0.29) is 12.5 Å². The highest BCUT2D eigenvalue weighted by Gasteiger charge is 2.07. The van der Waals surface area contributed by atoms with Crippen molar-refractivity contribution < 1.29 is 14.0 Å². The van der Waals surface area contributed by atoms with Crippen LogP contribution in [0, 0.1) is 5.92 Å². The molecule has 0 unspecified atom stereocenters. The van der Waals surface area contributed by atoms with Crippen LogP contribution < -0.4 is 11.1 Å². The molecule has 0 saturated heterocycles. The Hall–Kier alpha value is -2.76. The topological polar surface area (TPSA) is 89.9 Å². The molecule has 2 rings (SSSR count). The van der Waals surface area contributed by atoms with Gasteiger partial charge in [-0.2, -0.15) is 0 Å². The summed E-state index contributed by atoms with van der Waals surface area (Å²) in [4.78, 5) is 17.4. The maximum atomic E-state index is 12.2. The predicted molar refractivity (Wildman–Crippen MR) is 92.2 cm³/mol. The van der Waals surface area contributed by atoms with Crippen LogP contribution in [0.15, 0.2) is 52.2 Å². The van der Waals surface area contributed by atoms with Crippen molar-refractivity contribution in [3.8, 4) is 0 Å². The Labute approximate surface area is 141 Å². The minimum absolute atomic E-state index is 0.170. The summed E-state index contributed by atoms with van der Waals surface area (Å²) in [5.41, 5.74) is 7.16. The Morgan fingerprint density at radius 1 is 1.33 bits per heavy atom. The molecule has 6 heteroatoms. The van der Waals surface area contributed by atoms with E-state index in [4.69, 9.17) is 15.0 Å². The molecule has 1 heterocycles. The largest absolute Gasteiger partial charge is 0.467 e. The van der Waals surface area contributed by atoms with Crippen molar-refractivity contribution >= 4 is 11.7 Å². The van der Waals surface area contributed by atoms with Crippen molar-refractivity contribution in [2.45, 2.75) is 33.4 Å². The molecule has 2 aromatic rings. The molecule has 0 fully saturated rings. The second kappa shape index (κ2) is 8.76. The lowest BCUT2D eigenvalue weighted by Crippen LogP contribution is -2.22. The molecule has 0 atom stereocenters. The zero-order chi connectivity index (χ0) is 17.4. The Morgan fingerprint density at radius 2 is 2.17 bits per heavy atom. The maximum absolute atomic E-state index is 12.2. The van der Waals surface area contributed by atoms with Crippen LogP contribution >= 0.6 is 0 Å². The van der Waals surface area contributed by atoms with Crippen LogP contribution in [0.25, 0.3) is 0 Å². The smallest absolute Gasteiger partial charge is 0.251 e. The van der Waals surface area contributed by atoms with Gasteiger partial charge in [0.2, 0.25) is 0 Å². The number of hydrogen-bond acceptors (Lipinski definition) is 4. The van der Waals surface area contributed by atoms with Gasteiger partial charge < -0.3 is 20.3 Å². The molecule has 0 saturated carbocycles. The van der Waals surface area contributed by atoms with Crippen LogP contribution in [-0.2, 0) is 18.0 Å². The molecule has 3 N–H and O–H groups in total. The van der Waals surface area contributed by atoms with Crippen molar-refractivity contribution in [3.05, 3.63) is 59.5 Å². The van der Waals surface area contributed by atoms with E-state index in [0.717, 1.165) is 5.56 Å². The number of oxime groups is 1. The van der Waals surface area contributed by atoms with Crippen LogP contribution in [0.4, 0.5) is 0 Å². The van der Waals surface area contributed by atoms with Gasteiger partial charge >= 0.3 is 0 Å². The van der Waals surface area contributed by atoms with Crippen LogP contribution in [0.2, 0.25) is 0 Å². The summed E-state index contributed by atoms with van der Waals surface area (Å²) >= 11 is 0. The number of benzene rings is 1. The molecular formula is C18H23N3O3. The minimum atomic E-state index is -0.170. The number of nitrogens with zero attached hydrogens (tertiary/aromatic N) is 1. The summed E-state index contributed by atoms with van der Waals surface area (Å²) in [6.07, 6.45) is 2.26. The Bertz CT molecular complexity index is 679. The average Bonchev–Trinajstić information content (AvgIpc) is 3.05. The Morgan fingerprint density at radius 3 is 2.88 bits per heavy atom. The summed E-state index contributed by atoms with van der Waals surface area (Å²) < 4.78 is 5.19. The highest BCUT2D eigenvalue weighted by molar-refractivity contribution is 5.94. The van der Waals surface area contributed by atoms with Gasteiger partial charge in [-0.1, -0.05) is 31.1 Å². The molecule has 0 radical (unpaired) electrons. The van der Waals surface area contributed by atoms with Crippen molar-refractivity contribution in [1.29, 1.82) is 0 Å². The molecule has 0 aliphatic carbocycles. The second-order valence-electron chi connectivity index (χ2n) is 5.92. The number of nitrogens with one attached hydrogen (secondary N) is 1. The van der Waals surface area contributed by atoms with E-state index >= 15 is 0 Å². The molecular weight excluding hydrogens is 306 g/mol. The lowest BCUT2D eigenvalue weighted by Gasteiger charge is -2.07. The van der Waals surface area contributed by atoms with Crippen molar-refractivity contribution in [2.75, 3.05) is 0 Å². The summed E-state index contributed by atoms with van der Waals surface area (Å²) in [7, 11) is 0. The zero-order valence-electron chi connectivity index (χ0n) is 14.0. The quantitative estimate of drug-likeness (QED) is 0.442. The van der Waals surface area contributed by atoms with Gasteiger partial charge in [0.1, 0.15) is 18.2 Å². The standard InChI is InChI=1S/C18H23N3O3/c1-13(2)9-17(19)21-24-12-14-5-3-6-15(10-14)18(22)20-11-16-7-4-8-23-16/h3-8,10,13H,9,11-12H2,1-2H3,(H2,19,21)(H,20,22). The van der Waals surface area contributed by atoms with Gasteiger partial charge in [0, 0.05) is 12.0 Å². The first-order valence-corrected chi connectivity index (χ1v) is 7.88. The molecule has 0 aliphatic heterocycles. The third-order valence-corrected chi connectivity index (χ3v) is 3.22. The number of nitrogens with two attached hydrogens (primary N) is 1. The van der Waals surface area contributed by atoms with Crippen LogP contribution in [-0.4, -0.2) is 11.7 Å². The first-order chi connectivity index (χ1) is 11.5. The number of carbonyl (C=O) groups excluding carboxylic acids is 1. The van der Waals surface area contributed by atoms with E-state index < -0.39 is 0 Å². The fourth-order valence-corrected chi connectivity index (χ4v) is 2.13. The lowest BCUT2D eigenvalue weighted by molar-refractivity contribution is 0.0947. The van der Waals surface area contributed by atoms with E-state index in [1.165, 1.54) is 0 Å². The number of furan rings is 1. The Balaban J connectivity index is 1.87. The summed E-state index contributed by atoms with van der Waals surface area (Å²) in [5, 5.41) is 6.69. The Kier molecular flexibility index (Phi) is 6.42. The van der Waals surface area contributed by atoms with E-state index in [2.05, 4.69) is 24.3 Å². The fourth-order valence-electron chi connectivity index (χ4n) is 2.13. The van der Waals surface area contributed by atoms with Crippen LogP contribution in [0.1, 0.15) is 41.9 Å². The second-order valence-corrected chi connectivity index (χ2v) is 5.92. The molecule has 0 spiro atoms. The lowest BCUT2D eigenvalue weighted by atomic mass is 10.1. The first-order valence-electron chi connectivity index (χ1n) is 7.88. The molecule has 1 aromatic carbocycles. The molecule has 6 nitrogen and oxygen atoms in total. The number of amidine groups is 1. The molecule has 0 bridgehead atoms. The van der Waals surface area contributed by atoms with Gasteiger partial charge in [0.05, 0.1) is 12.8 Å². The maximum Gasteiger partial charge on any atom is 0.251 e. The number of carbonyl (C=O) groups is 1. The van der Waals surface area contributed by atoms with E-state index in [1.54, 1.807) is 24.5 Å². The first kappa shape index (κ1) is 17.6. The van der Waals surface area contributed by atoms with Crippen LogP contribution in [0.3, 0.4) is 0 Å². The molecule has 0 aliphatic rings. The normalized spacial score (nSPS) is 11.5. The third-order valence-electron chi connectivity index (χ3n) is 3.22. The number of amides is 1. The highest BCUT2D eigenvalue weighted by atomic mass is 16.6. The average molecular weight is 329 g/mol. The van der Waals surface area contributed by atoms with Gasteiger partial charge in [-0.25, -0.2) is 0 Å². The van der Waals surface area contributed by atoms with Crippen molar-refractivity contribution in [2.24, 2.45) is 16.8 Å². The number of rotatable bonds is 8. The number of hydrogen-bond donors (Lipinski definition) is 2. The monoisotopic (exact) mass is 329 g/mol. The molecule has 1 aromatic heterocycles. The van der Waals surface area contributed by atoms with Gasteiger partial charge in [0.25, 0.3) is 5.91 Å². The van der Waals surface area contributed by atoms with Crippen molar-refractivity contribution in [1.82, 2.24) is 5.32 Å². The molecule has 1 amide bonds. The molecule has 24 heavy (non-hydrogen) atoms. The van der Waals surface area contributed by atoms with Crippen LogP contribution in [0.5, 0.6) is 0 Å². The third kappa shape index (κ3) is 5.79. The summed E-state index contributed by atoms with van der Waals surface area (Å²) in [6.45, 7) is 4.74. The van der Waals surface area contributed by atoms with E-state index in [9.17, 15) is 4.79 Å². The summed E-state index contributed by atoms with van der Waals surface area (Å²) in [5.74, 6) is 1.43. The molecule has 128 valence electrons.